The van der Waals surface area contributed by atoms with Crippen molar-refractivity contribution in [3.63, 3.8) is 0 Å². The largest absolute Gasteiger partial charge is 0.748 e. The van der Waals surface area contributed by atoms with Crippen LogP contribution in [0.1, 0.15) is 27.8 Å². The van der Waals surface area contributed by atoms with Gasteiger partial charge in [0.2, 0.25) is 0 Å². The third-order valence-corrected chi connectivity index (χ3v) is 3.37. The van der Waals surface area contributed by atoms with E-state index in [-0.39, 0.29) is 21.7 Å². The molecule has 0 atom stereocenters. The van der Waals surface area contributed by atoms with Gasteiger partial charge in [-0.05, 0) is 0 Å². The summed E-state index contributed by atoms with van der Waals surface area (Å²) in [5.74, 6) is 0. The first kappa shape index (κ1) is 15.4. The van der Waals surface area contributed by atoms with Gasteiger partial charge in [0.15, 0.2) is 0 Å². The summed E-state index contributed by atoms with van der Waals surface area (Å²) in [4.78, 5) is 0. The van der Waals surface area contributed by atoms with E-state index in [1.165, 1.54) is 27.8 Å². The Morgan fingerprint density at radius 1 is 0.688 bits per heavy atom. The van der Waals surface area contributed by atoms with Gasteiger partial charge in [0.05, 0.1) is 0 Å². The maximum atomic E-state index is 2.20. The van der Waals surface area contributed by atoms with Gasteiger partial charge >= 0.3 is 0 Å². The van der Waals surface area contributed by atoms with Crippen molar-refractivity contribution >= 4 is 0 Å². The minimum absolute atomic E-state index is 0. The van der Waals surface area contributed by atoms with E-state index in [9.17, 15) is 0 Å². The van der Waals surface area contributed by atoms with E-state index in [1.54, 1.807) is 0 Å². The molecule has 0 N–H and O–H groups in total. The van der Waals surface area contributed by atoms with Gasteiger partial charge in [-0.1, -0.05) is 34.6 Å². The molecule has 16 heavy (non-hydrogen) atoms. The van der Waals surface area contributed by atoms with E-state index in [0.717, 1.165) is 0 Å². The number of hydrogen-bond acceptors (Lipinski definition) is 0. The molecule has 2 aromatic rings. The van der Waals surface area contributed by atoms with Crippen LogP contribution in [0.15, 0.2) is 30.3 Å². The molecular weight excluding hydrogens is 228 g/mol. The van der Waals surface area contributed by atoms with Crippen molar-refractivity contribution in [2.45, 2.75) is 34.6 Å². The van der Waals surface area contributed by atoms with Gasteiger partial charge in [-0.15, -0.1) is 0 Å². The first-order valence-corrected chi connectivity index (χ1v) is 5.42. The van der Waals surface area contributed by atoms with Gasteiger partial charge < -0.3 is 30.3 Å². The Labute approximate surface area is 114 Å². The normalized spacial score (nSPS) is 9.06. The molecule has 0 unspecified atom stereocenters. The molecule has 0 saturated carbocycles. The third kappa shape index (κ3) is 3.47. The van der Waals surface area contributed by atoms with Crippen molar-refractivity contribution in [3.8, 4) is 0 Å². The number of rotatable bonds is 0. The summed E-state index contributed by atoms with van der Waals surface area (Å²) in [5.41, 5.74) is 7.34. The Morgan fingerprint density at radius 2 is 0.938 bits per heavy atom. The van der Waals surface area contributed by atoms with Crippen LogP contribution >= 0.6 is 0 Å². The molecule has 0 bridgehead atoms. The maximum Gasteiger partial charge on any atom is 0 e. The minimum Gasteiger partial charge on any atom is -0.748 e. The molecule has 2 aromatic carbocycles. The van der Waals surface area contributed by atoms with Crippen LogP contribution in [-0.2, 0) is 21.7 Å². The molecule has 0 heterocycles. The monoisotopic (exact) mass is 248 g/mol. The van der Waals surface area contributed by atoms with Gasteiger partial charge in [0, 0.05) is 21.7 Å². The molecular formula is C15H20Ti-6. The van der Waals surface area contributed by atoms with Gasteiger partial charge in [0.25, 0.3) is 0 Å². The molecule has 2 rings (SSSR count). The summed E-state index contributed by atoms with van der Waals surface area (Å²) in [5, 5.41) is 0. The summed E-state index contributed by atoms with van der Waals surface area (Å²) < 4.78 is 0. The standard InChI is InChI=1S/C10H15.C5H5.Ti/c1-6-7(2)9(4)10(5)8(6)3;1-2-4-5-3-1;/h1-5H3;1-5H;/q-1;-5;. The van der Waals surface area contributed by atoms with Crippen molar-refractivity contribution < 1.29 is 21.7 Å². The van der Waals surface area contributed by atoms with E-state index >= 15 is 0 Å². The summed E-state index contributed by atoms with van der Waals surface area (Å²) in [6, 6.07) is 10.0. The van der Waals surface area contributed by atoms with Crippen LogP contribution in [0.2, 0.25) is 0 Å². The zero-order valence-electron chi connectivity index (χ0n) is 10.9. The molecule has 1 heteroatoms. The molecule has 0 radical (unpaired) electrons. The zero-order valence-corrected chi connectivity index (χ0v) is 12.4. The van der Waals surface area contributed by atoms with Crippen LogP contribution in [0.25, 0.3) is 0 Å². The van der Waals surface area contributed by atoms with Crippen LogP contribution in [0.4, 0.5) is 0 Å². The summed E-state index contributed by atoms with van der Waals surface area (Å²) >= 11 is 0. The molecule has 0 aliphatic rings. The van der Waals surface area contributed by atoms with Gasteiger partial charge in [-0.25, -0.2) is 0 Å². The maximum absolute atomic E-state index is 2.20. The SMILES string of the molecule is Cc1c(C)c(C)[c-](C)c1C.[Ti].[cH-]1[cH-][cH-][cH-][cH-]1. The fraction of sp³-hybridized carbons (Fsp3) is 0.333. The summed E-state index contributed by atoms with van der Waals surface area (Å²) in [6.07, 6.45) is 0. The van der Waals surface area contributed by atoms with Crippen molar-refractivity contribution in [2.75, 3.05) is 0 Å². The average molecular weight is 248 g/mol. The molecule has 0 spiro atoms. The predicted octanol–water partition coefficient (Wildman–Crippen LogP) is 4.35. The van der Waals surface area contributed by atoms with E-state index in [2.05, 4.69) is 34.6 Å². The van der Waals surface area contributed by atoms with Crippen LogP contribution < -0.4 is 0 Å². The van der Waals surface area contributed by atoms with Gasteiger partial charge in [-0.2, -0.15) is 27.8 Å². The van der Waals surface area contributed by atoms with Gasteiger partial charge in [-0.3, -0.25) is 0 Å². The predicted molar refractivity (Wildman–Crippen MR) is 67.8 cm³/mol. The minimum atomic E-state index is 0. The molecule has 0 aromatic heterocycles. The second kappa shape index (κ2) is 6.88. The molecule has 0 amide bonds. The quantitative estimate of drug-likeness (QED) is 0.480. The molecule has 90 valence electrons. The van der Waals surface area contributed by atoms with E-state index in [1.807, 2.05) is 30.3 Å². The second-order valence-corrected chi connectivity index (χ2v) is 4.09. The zero-order chi connectivity index (χ0) is 11.4. The van der Waals surface area contributed by atoms with Crippen LogP contribution in [0.3, 0.4) is 0 Å². The van der Waals surface area contributed by atoms with Crippen LogP contribution in [0.5, 0.6) is 0 Å². The Kier molecular flexibility index (Phi) is 6.63. The fourth-order valence-electron chi connectivity index (χ4n) is 1.73. The topological polar surface area (TPSA) is 0 Å². The van der Waals surface area contributed by atoms with Crippen LogP contribution in [0, 0.1) is 34.6 Å². The molecule has 0 nitrogen and oxygen atoms in total. The Hall–Kier alpha value is -0.586. The summed E-state index contributed by atoms with van der Waals surface area (Å²) in [6.45, 7) is 11.0. The molecule has 0 saturated heterocycles. The van der Waals surface area contributed by atoms with Crippen LogP contribution in [-0.4, -0.2) is 0 Å². The Morgan fingerprint density at radius 3 is 1.06 bits per heavy atom. The molecule has 0 fully saturated rings. The Balaban J connectivity index is 0.000000318. The first-order valence-electron chi connectivity index (χ1n) is 5.42. The second-order valence-electron chi connectivity index (χ2n) is 4.09. The van der Waals surface area contributed by atoms with Crippen molar-refractivity contribution in [3.05, 3.63) is 58.1 Å². The van der Waals surface area contributed by atoms with Crippen molar-refractivity contribution in [1.29, 1.82) is 0 Å². The molecule has 0 aliphatic heterocycles. The Bertz CT molecular complexity index is 308. The first-order chi connectivity index (χ1) is 7.05. The third-order valence-electron chi connectivity index (χ3n) is 3.37. The van der Waals surface area contributed by atoms with E-state index in [0.29, 0.717) is 0 Å². The van der Waals surface area contributed by atoms with Crippen molar-refractivity contribution in [2.24, 2.45) is 0 Å². The van der Waals surface area contributed by atoms with Gasteiger partial charge in [0.1, 0.15) is 0 Å². The van der Waals surface area contributed by atoms with Crippen molar-refractivity contribution in [1.82, 2.24) is 0 Å². The molecule has 0 aliphatic carbocycles. The van der Waals surface area contributed by atoms with E-state index < -0.39 is 0 Å². The fourth-order valence-corrected chi connectivity index (χ4v) is 1.73. The van der Waals surface area contributed by atoms with E-state index in [4.69, 9.17) is 0 Å². The smallest absolute Gasteiger partial charge is 0 e. The summed E-state index contributed by atoms with van der Waals surface area (Å²) in [7, 11) is 0. The number of hydrogen-bond donors (Lipinski definition) is 0. The average Bonchev–Trinajstić information content (AvgIpc) is 2.86.